The van der Waals surface area contributed by atoms with E-state index in [0.717, 1.165) is 17.0 Å². The van der Waals surface area contributed by atoms with Crippen LogP contribution in [0.5, 0.6) is 5.75 Å². The number of rotatable bonds is 3. The number of benzene rings is 1. The summed E-state index contributed by atoms with van der Waals surface area (Å²) >= 11 is 0. The summed E-state index contributed by atoms with van der Waals surface area (Å²) in [6.07, 6.45) is 3.73. The summed E-state index contributed by atoms with van der Waals surface area (Å²) < 4.78 is 0. The molecule has 3 aromatic rings. The van der Waals surface area contributed by atoms with Crippen molar-refractivity contribution in [2.45, 2.75) is 73.1 Å². The fourth-order valence-corrected chi connectivity index (χ4v) is 2.83. The summed E-state index contributed by atoms with van der Waals surface area (Å²) in [7, 11) is 0. The van der Waals surface area contributed by atoms with E-state index >= 15 is 0 Å². The first-order chi connectivity index (χ1) is 14.1. The van der Waals surface area contributed by atoms with E-state index in [4.69, 9.17) is 0 Å². The minimum atomic E-state index is 0.400. The lowest BCUT2D eigenvalue weighted by atomic mass is 10.0. The van der Waals surface area contributed by atoms with E-state index in [2.05, 4.69) is 75.8 Å². The fraction of sp³-hybridized carbons (Fsp3) is 0.407. The number of phenols is 1. The zero-order valence-electron chi connectivity index (χ0n) is 19.8. The van der Waals surface area contributed by atoms with Gasteiger partial charge in [-0.05, 0) is 78.6 Å². The number of pyridine rings is 2. The summed E-state index contributed by atoms with van der Waals surface area (Å²) in [5.74, 6) is 2.03. The van der Waals surface area contributed by atoms with Crippen molar-refractivity contribution in [3.05, 3.63) is 89.0 Å². The topological polar surface area (TPSA) is 46.0 Å². The largest absolute Gasteiger partial charge is 0.508 e. The minimum absolute atomic E-state index is 0.400. The SMILES string of the molecule is CC(C)c1ccccc1O.Cc1cc(C(C)C)ccn1.Cc1cc(C(C)C)ccn1. The smallest absolute Gasteiger partial charge is 0.119 e. The molecule has 0 aliphatic rings. The Morgan fingerprint density at radius 2 is 1.07 bits per heavy atom. The van der Waals surface area contributed by atoms with E-state index in [1.165, 1.54) is 11.1 Å². The summed E-state index contributed by atoms with van der Waals surface area (Å²) in [5, 5.41) is 9.28. The van der Waals surface area contributed by atoms with Gasteiger partial charge in [0.15, 0.2) is 0 Å². The highest BCUT2D eigenvalue weighted by atomic mass is 16.3. The highest BCUT2D eigenvalue weighted by Gasteiger charge is 2.02. The van der Waals surface area contributed by atoms with Crippen molar-refractivity contribution in [2.75, 3.05) is 0 Å². The third kappa shape index (κ3) is 9.21. The predicted molar refractivity (Wildman–Crippen MR) is 128 cm³/mol. The maximum Gasteiger partial charge on any atom is 0.119 e. The van der Waals surface area contributed by atoms with Gasteiger partial charge < -0.3 is 5.11 Å². The number of nitrogens with zero attached hydrogens (tertiary/aromatic N) is 2. The molecule has 0 atom stereocenters. The van der Waals surface area contributed by atoms with Crippen molar-refractivity contribution in [1.29, 1.82) is 0 Å². The standard InChI is InChI=1S/2C9H13N.C9H12O/c2*1-7(2)9-4-5-10-8(3)6-9;1-7(2)8-5-3-4-6-9(8)10/h2*4-7H,1-3H3;3-7,10H,1-2H3. The molecule has 1 aromatic carbocycles. The van der Waals surface area contributed by atoms with E-state index in [1.54, 1.807) is 6.07 Å². The number of aromatic nitrogens is 2. The molecule has 2 aromatic heterocycles. The monoisotopic (exact) mass is 406 g/mol. The van der Waals surface area contributed by atoms with Crippen molar-refractivity contribution in [3.8, 4) is 5.75 Å². The molecule has 0 bridgehead atoms. The van der Waals surface area contributed by atoms with E-state index in [-0.39, 0.29) is 0 Å². The zero-order chi connectivity index (χ0) is 22.7. The molecule has 0 radical (unpaired) electrons. The first kappa shape index (κ1) is 25.4. The summed E-state index contributed by atoms with van der Waals surface area (Å²) in [6, 6.07) is 15.8. The quantitative estimate of drug-likeness (QED) is 0.488. The van der Waals surface area contributed by atoms with Crippen LogP contribution in [0.3, 0.4) is 0 Å². The van der Waals surface area contributed by atoms with Gasteiger partial charge in [-0.3, -0.25) is 9.97 Å². The first-order valence-electron chi connectivity index (χ1n) is 10.7. The van der Waals surface area contributed by atoms with Crippen LogP contribution in [0, 0.1) is 13.8 Å². The number of para-hydroxylation sites is 1. The lowest BCUT2D eigenvalue weighted by Crippen LogP contribution is -1.88. The van der Waals surface area contributed by atoms with Crippen molar-refractivity contribution in [1.82, 2.24) is 9.97 Å². The van der Waals surface area contributed by atoms with Crippen molar-refractivity contribution in [2.24, 2.45) is 0 Å². The number of hydrogen-bond donors (Lipinski definition) is 1. The van der Waals surface area contributed by atoms with E-state index in [1.807, 2.05) is 44.4 Å². The number of phenolic OH excluding ortho intramolecular Hbond substituents is 1. The average Bonchev–Trinajstić information content (AvgIpc) is 2.69. The van der Waals surface area contributed by atoms with Gasteiger partial charge in [-0.15, -0.1) is 0 Å². The second kappa shape index (κ2) is 12.8. The normalized spacial score (nSPS) is 10.4. The minimum Gasteiger partial charge on any atom is -0.508 e. The Morgan fingerprint density at radius 1 is 0.633 bits per heavy atom. The van der Waals surface area contributed by atoms with Gasteiger partial charge in [-0.2, -0.15) is 0 Å². The second-order valence-electron chi connectivity index (χ2n) is 8.48. The van der Waals surface area contributed by atoms with Crippen LogP contribution >= 0.6 is 0 Å². The van der Waals surface area contributed by atoms with Crippen LogP contribution in [0.2, 0.25) is 0 Å². The molecule has 0 saturated carbocycles. The Hall–Kier alpha value is -2.68. The van der Waals surface area contributed by atoms with Gasteiger partial charge in [0.2, 0.25) is 0 Å². The highest BCUT2D eigenvalue weighted by molar-refractivity contribution is 5.33. The van der Waals surface area contributed by atoms with Crippen molar-refractivity contribution < 1.29 is 5.11 Å². The van der Waals surface area contributed by atoms with Gasteiger partial charge in [0.25, 0.3) is 0 Å². The molecule has 0 spiro atoms. The number of aryl methyl sites for hydroxylation is 2. The van der Waals surface area contributed by atoms with Crippen LogP contribution in [-0.2, 0) is 0 Å². The molecule has 0 fully saturated rings. The van der Waals surface area contributed by atoms with E-state index < -0.39 is 0 Å². The zero-order valence-corrected chi connectivity index (χ0v) is 19.8. The summed E-state index contributed by atoms with van der Waals surface area (Å²) in [4.78, 5) is 8.24. The van der Waals surface area contributed by atoms with Gasteiger partial charge in [0.05, 0.1) is 0 Å². The predicted octanol–water partition coefficient (Wildman–Crippen LogP) is 7.54. The number of hydrogen-bond acceptors (Lipinski definition) is 3. The highest BCUT2D eigenvalue weighted by Crippen LogP contribution is 2.23. The number of aromatic hydroxyl groups is 1. The molecule has 0 aliphatic heterocycles. The second-order valence-corrected chi connectivity index (χ2v) is 8.48. The Bertz CT molecular complexity index is 836. The van der Waals surface area contributed by atoms with Crippen LogP contribution in [0.1, 0.15) is 87.4 Å². The Kier molecular flexibility index (Phi) is 10.8. The van der Waals surface area contributed by atoms with E-state index in [0.29, 0.717) is 23.5 Å². The average molecular weight is 407 g/mol. The van der Waals surface area contributed by atoms with Crippen molar-refractivity contribution >= 4 is 0 Å². The molecule has 1 N–H and O–H groups in total. The van der Waals surface area contributed by atoms with Crippen LogP contribution in [-0.4, -0.2) is 15.1 Å². The lowest BCUT2D eigenvalue weighted by molar-refractivity contribution is 0.465. The molecule has 162 valence electrons. The van der Waals surface area contributed by atoms with Crippen LogP contribution in [0.4, 0.5) is 0 Å². The Balaban J connectivity index is 0.000000225. The maximum absolute atomic E-state index is 9.28. The molecule has 0 aliphatic carbocycles. The molecule has 2 heterocycles. The molecule has 30 heavy (non-hydrogen) atoms. The van der Waals surface area contributed by atoms with Crippen LogP contribution in [0.15, 0.2) is 60.9 Å². The Morgan fingerprint density at radius 3 is 1.33 bits per heavy atom. The van der Waals surface area contributed by atoms with Crippen LogP contribution < -0.4 is 0 Å². The van der Waals surface area contributed by atoms with Gasteiger partial charge in [0.1, 0.15) is 5.75 Å². The molecule has 3 rings (SSSR count). The van der Waals surface area contributed by atoms with Gasteiger partial charge >= 0.3 is 0 Å². The molecule has 0 unspecified atom stereocenters. The first-order valence-corrected chi connectivity index (χ1v) is 10.7. The van der Waals surface area contributed by atoms with Crippen LogP contribution in [0.25, 0.3) is 0 Å². The summed E-state index contributed by atoms with van der Waals surface area (Å²) in [6.45, 7) is 16.9. The molecule has 0 amide bonds. The molecule has 3 heteroatoms. The molecule has 3 nitrogen and oxygen atoms in total. The fourth-order valence-electron chi connectivity index (χ4n) is 2.83. The van der Waals surface area contributed by atoms with Gasteiger partial charge in [0, 0.05) is 23.8 Å². The van der Waals surface area contributed by atoms with Crippen molar-refractivity contribution in [3.63, 3.8) is 0 Å². The Labute approximate surface area is 183 Å². The van der Waals surface area contributed by atoms with Gasteiger partial charge in [-0.25, -0.2) is 0 Å². The summed E-state index contributed by atoms with van der Waals surface area (Å²) in [5.41, 5.74) is 5.96. The third-order valence-corrected chi connectivity index (χ3v) is 4.73. The third-order valence-electron chi connectivity index (χ3n) is 4.73. The molecule has 0 saturated heterocycles. The molecular formula is C27H38N2O. The van der Waals surface area contributed by atoms with Gasteiger partial charge in [-0.1, -0.05) is 59.7 Å². The molecular weight excluding hydrogens is 368 g/mol. The maximum atomic E-state index is 9.28. The van der Waals surface area contributed by atoms with E-state index in [9.17, 15) is 5.11 Å². The lowest BCUT2D eigenvalue weighted by Gasteiger charge is -2.05.